The molecule has 1 atom stereocenters. The van der Waals surface area contributed by atoms with Gasteiger partial charge in [0.15, 0.2) is 0 Å². The van der Waals surface area contributed by atoms with Crippen LogP contribution in [0.2, 0.25) is 5.02 Å². The molecule has 0 fully saturated rings. The van der Waals surface area contributed by atoms with Crippen molar-refractivity contribution < 1.29 is 9.90 Å². The number of halogens is 1. The van der Waals surface area contributed by atoms with Crippen LogP contribution < -0.4 is 5.73 Å². The van der Waals surface area contributed by atoms with E-state index >= 15 is 0 Å². The van der Waals surface area contributed by atoms with Crippen LogP contribution in [0.15, 0.2) is 48.5 Å². The summed E-state index contributed by atoms with van der Waals surface area (Å²) < 4.78 is 0. The van der Waals surface area contributed by atoms with E-state index in [0.29, 0.717) is 16.1 Å². The van der Waals surface area contributed by atoms with Crippen LogP contribution in [-0.4, -0.2) is 11.0 Å². The van der Waals surface area contributed by atoms with E-state index in [2.05, 4.69) is 0 Å². The van der Waals surface area contributed by atoms with E-state index in [0.717, 1.165) is 5.56 Å². The summed E-state index contributed by atoms with van der Waals surface area (Å²) in [4.78, 5) is 11.1. The van der Waals surface area contributed by atoms with Gasteiger partial charge in [-0.1, -0.05) is 48.0 Å². The van der Waals surface area contributed by atoms with Crippen molar-refractivity contribution in [1.29, 1.82) is 0 Å². The molecule has 0 radical (unpaired) electrons. The molecule has 0 heterocycles. The second kappa shape index (κ2) is 5.87. The molecule has 19 heavy (non-hydrogen) atoms. The van der Waals surface area contributed by atoms with Gasteiger partial charge in [0.1, 0.15) is 6.10 Å². The molecule has 0 saturated carbocycles. The maximum atomic E-state index is 11.1. The van der Waals surface area contributed by atoms with Crippen molar-refractivity contribution in [1.82, 2.24) is 0 Å². The number of aliphatic hydroxyl groups excluding tert-OH is 1. The maximum Gasteiger partial charge on any atom is 0.221 e. The summed E-state index contributed by atoms with van der Waals surface area (Å²) in [5, 5.41) is 10.9. The standard InChI is InChI=1S/C15H14ClNO2/c16-12-6-7-13(11(8-12)9-14(17)18)15(19)10-4-2-1-3-5-10/h1-8,15,19H,9H2,(H2,17,18). The highest BCUT2D eigenvalue weighted by molar-refractivity contribution is 6.30. The Bertz CT molecular complexity index is 584. The summed E-state index contributed by atoms with van der Waals surface area (Å²) in [6, 6.07) is 14.3. The molecule has 0 aliphatic carbocycles. The molecule has 0 aliphatic heterocycles. The van der Waals surface area contributed by atoms with Crippen molar-refractivity contribution in [2.24, 2.45) is 5.73 Å². The number of carbonyl (C=O) groups is 1. The van der Waals surface area contributed by atoms with Crippen molar-refractivity contribution in [3.8, 4) is 0 Å². The van der Waals surface area contributed by atoms with Crippen LogP contribution in [0.5, 0.6) is 0 Å². The number of rotatable bonds is 4. The molecule has 1 unspecified atom stereocenters. The lowest BCUT2D eigenvalue weighted by atomic mass is 9.95. The molecule has 1 amide bonds. The van der Waals surface area contributed by atoms with Gasteiger partial charge in [0.05, 0.1) is 6.42 Å². The third-order valence-corrected chi connectivity index (χ3v) is 3.11. The van der Waals surface area contributed by atoms with E-state index < -0.39 is 12.0 Å². The average molecular weight is 276 g/mol. The summed E-state index contributed by atoms with van der Waals surface area (Å²) in [7, 11) is 0. The minimum Gasteiger partial charge on any atom is -0.384 e. The molecular weight excluding hydrogens is 262 g/mol. The molecule has 3 nitrogen and oxygen atoms in total. The van der Waals surface area contributed by atoms with Gasteiger partial charge in [-0.3, -0.25) is 4.79 Å². The Morgan fingerprint density at radius 3 is 2.53 bits per heavy atom. The monoisotopic (exact) mass is 275 g/mol. The normalized spacial score (nSPS) is 12.1. The van der Waals surface area contributed by atoms with Gasteiger partial charge in [-0.05, 0) is 28.8 Å². The molecule has 0 saturated heterocycles. The lowest BCUT2D eigenvalue weighted by molar-refractivity contribution is -0.117. The zero-order valence-corrected chi connectivity index (χ0v) is 11.0. The number of hydrogen-bond acceptors (Lipinski definition) is 2. The quantitative estimate of drug-likeness (QED) is 0.900. The second-order valence-electron chi connectivity index (χ2n) is 4.30. The minimum atomic E-state index is -0.798. The Morgan fingerprint density at radius 2 is 1.89 bits per heavy atom. The van der Waals surface area contributed by atoms with Crippen molar-refractivity contribution in [2.45, 2.75) is 12.5 Å². The largest absolute Gasteiger partial charge is 0.384 e. The van der Waals surface area contributed by atoms with Gasteiger partial charge in [-0.2, -0.15) is 0 Å². The third-order valence-electron chi connectivity index (χ3n) is 2.88. The summed E-state index contributed by atoms with van der Waals surface area (Å²) in [5.74, 6) is -0.455. The lowest BCUT2D eigenvalue weighted by Crippen LogP contribution is -2.16. The highest BCUT2D eigenvalue weighted by atomic mass is 35.5. The molecule has 0 aliphatic rings. The second-order valence-corrected chi connectivity index (χ2v) is 4.74. The van der Waals surface area contributed by atoms with Crippen LogP contribution >= 0.6 is 11.6 Å². The van der Waals surface area contributed by atoms with Crippen LogP contribution in [-0.2, 0) is 11.2 Å². The first-order chi connectivity index (χ1) is 9.08. The van der Waals surface area contributed by atoms with Crippen LogP contribution in [0.3, 0.4) is 0 Å². The molecule has 3 N–H and O–H groups in total. The van der Waals surface area contributed by atoms with Crippen molar-refractivity contribution in [3.05, 3.63) is 70.2 Å². The van der Waals surface area contributed by atoms with Gasteiger partial charge in [-0.15, -0.1) is 0 Å². The SMILES string of the molecule is NC(=O)Cc1cc(Cl)ccc1C(O)c1ccccc1. The number of aliphatic hydroxyl groups is 1. The fourth-order valence-corrected chi connectivity index (χ4v) is 2.19. The van der Waals surface area contributed by atoms with Gasteiger partial charge in [0.25, 0.3) is 0 Å². The Labute approximate surface area is 116 Å². The Balaban J connectivity index is 2.41. The topological polar surface area (TPSA) is 63.3 Å². The van der Waals surface area contributed by atoms with Gasteiger partial charge in [0.2, 0.25) is 5.91 Å². The van der Waals surface area contributed by atoms with Crippen molar-refractivity contribution in [2.75, 3.05) is 0 Å². The van der Waals surface area contributed by atoms with Gasteiger partial charge < -0.3 is 10.8 Å². The number of amides is 1. The van der Waals surface area contributed by atoms with E-state index in [9.17, 15) is 9.90 Å². The van der Waals surface area contributed by atoms with E-state index in [-0.39, 0.29) is 6.42 Å². The molecule has 2 aromatic rings. The van der Waals surface area contributed by atoms with Crippen molar-refractivity contribution >= 4 is 17.5 Å². The molecule has 2 rings (SSSR count). The summed E-state index contributed by atoms with van der Waals surface area (Å²) in [6.07, 6.45) is -0.743. The Kier molecular flexibility index (Phi) is 4.20. The maximum absolute atomic E-state index is 11.1. The first-order valence-electron chi connectivity index (χ1n) is 5.87. The highest BCUT2D eigenvalue weighted by Gasteiger charge is 2.15. The summed E-state index contributed by atoms with van der Waals surface area (Å²) >= 11 is 5.92. The van der Waals surface area contributed by atoms with Crippen LogP contribution in [0.25, 0.3) is 0 Å². The minimum absolute atomic E-state index is 0.0553. The number of benzene rings is 2. The van der Waals surface area contributed by atoms with E-state index in [1.807, 2.05) is 30.3 Å². The third kappa shape index (κ3) is 3.34. The van der Waals surface area contributed by atoms with Crippen LogP contribution in [0.4, 0.5) is 0 Å². The summed E-state index contributed by atoms with van der Waals surface area (Å²) in [6.45, 7) is 0. The molecule has 4 heteroatoms. The number of hydrogen-bond donors (Lipinski definition) is 2. The molecule has 0 aromatic heterocycles. The van der Waals surface area contributed by atoms with Gasteiger partial charge >= 0.3 is 0 Å². The first kappa shape index (κ1) is 13.6. The molecule has 98 valence electrons. The zero-order chi connectivity index (χ0) is 13.8. The Morgan fingerprint density at radius 1 is 1.21 bits per heavy atom. The smallest absolute Gasteiger partial charge is 0.221 e. The Hall–Kier alpha value is -1.84. The van der Waals surface area contributed by atoms with Gasteiger partial charge in [-0.25, -0.2) is 0 Å². The lowest BCUT2D eigenvalue weighted by Gasteiger charge is -2.15. The van der Waals surface area contributed by atoms with E-state index in [1.54, 1.807) is 18.2 Å². The number of carbonyl (C=O) groups excluding carboxylic acids is 1. The molecule has 2 aromatic carbocycles. The van der Waals surface area contributed by atoms with E-state index in [4.69, 9.17) is 17.3 Å². The summed E-state index contributed by atoms with van der Waals surface area (Å²) in [5.41, 5.74) is 7.28. The highest BCUT2D eigenvalue weighted by Crippen LogP contribution is 2.27. The molecular formula is C15H14ClNO2. The van der Waals surface area contributed by atoms with Gasteiger partial charge in [0, 0.05) is 5.02 Å². The van der Waals surface area contributed by atoms with Crippen LogP contribution in [0, 0.1) is 0 Å². The first-order valence-corrected chi connectivity index (χ1v) is 6.25. The predicted octanol–water partition coefficient (Wildman–Crippen LogP) is 2.45. The van der Waals surface area contributed by atoms with Crippen LogP contribution in [0.1, 0.15) is 22.8 Å². The van der Waals surface area contributed by atoms with Crippen molar-refractivity contribution in [3.63, 3.8) is 0 Å². The number of primary amides is 1. The molecule has 0 spiro atoms. The fraction of sp³-hybridized carbons (Fsp3) is 0.133. The fourth-order valence-electron chi connectivity index (χ4n) is 2.00. The zero-order valence-electron chi connectivity index (χ0n) is 10.2. The molecule has 0 bridgehead atoms. The van der Waals surface area contributed by atoms with E-state index in [1.165, 1.54) is 0 Å². The predicted molar refractivity (Wildman–Crippen MR) is 74.9 cm³/mol. The average Bonchev–Trinajstić information content (AvgIpc) is 2.38. The number of nitrogens with two attached hydrogens (primary N) is 1.